The van der Waals surface area contributed by atoms with E-state index in [1.807, 2.05) is 12.1 Å². The van der Waals surface area contributed by atoms with Gasteiger partial charge < -0.3 is 10.0 Å². The molecule has 1 aliphatic rings. The smallest absolute Gasteiger partial charge is 0.177 e. The lowest BCUT2D eigenvalue weighted by Gasteiger charge is -2.36. The molecule has 7 nitrogen and oxygen atoms in total. The summed E-state index contributed by atoms with van der Waals surface area (Å²) in [5, 5.41) is 22.6. The molecule has 1 fully saturated rings. The van der Waals surface area contributed by atoms with Crippen LogP contribution in [-0.4, -0.2) is 62.5 Å². The van der Waals surface area contributed by atoms with Gasteiger partial charge in [-0.1, -0.05) is 12.1 Å². The first-order valence-corrected chi connectivity index (χ1v) is 8.27. The lowest BCUT2D eigenvalue weighted by molar-refractivity contribution is 0.109. The van der Waals surface area contributed by atoms with Crippen LogP contribution < -0.4 is 4.90 Å². The quantitative estimate of drug-likeness (QED) is 0.766. The maximum Gasteiger partial charge on any atom is 0.177 e. The second kappa shape index (κ2) is 6.73. The van der Waals surface area contributed by atoms with Crippen LogP contribution in [-0.2, 0) is 0 Å². The molecule has 1 unspecified atom stereocenters. The van der Waals surface area contributed by atoms with Crippen molar-refractivity contribution in [1.29, 1.82) is 0 Å². The van der Waals surface area contributed by atoms with Crippen molar-refractivity contribution in [3.8, 4) is 0 Å². The first-order chi connectivity index (χ1) is 12.2. The van der Waals surface area contributed by atoms with Crippen LogP contribution in [0.1, 0.15) is 11.7 Å². The predicted molar refractivity (Wildman–Crippen MR) is 90.8 cm³/mol. The molecule has 0 spiro atoms. The van der Waals surface area contributed by atoms with Gasteiger partial charge in [-0.05, 0) is 29.8 Å². The van der Waals surface area contributed by atoms with E-state index in [-0.39, 0.29) is 5.82 Å². The van der Waals surface area contributed by atoms with E-state index in [4.69, 9.17) is 0 Å². The first-order valence-electron chi connectivity index (χ1n) is 8.27. The minimum absolute atomic E-state index is 0.290. The van der Waals surface area contributed by atoms with Crippen molar-refractivity contribution < 1.29 is 9.50 Å². The van der Waals surface area contributed by atoms with E-state index in [1.54, 1.807) is 23.0 Å². The van der Waals surface area contributed by atoms with Crippen molar-refractivity contribution in [1.82, 2.24) is 24.7 Å². The second-order valence-electron chi connectivity index (χ2n) is 6.18. The highest BCUT2D eigenvalue weighted by atomic mass is 19.1. The molecule has 0 radical (unpaired) electrons. The first kappa shape index (κ1) is 15.9. The second-order valence-corrected chi connectivity index (χ2v) is 6.18. The van der Waals surface area contributed by atoms with E-state index in [1.165, 1.54) is 12.1 Å². The Hall–Kier alpha value is -2.58. The molecular weight excluding hydrogens is 323 g/mol. The molecule has 1 aromatic carbocycles. The van der Waals surface area contributed by atoms with Gasteiger partial charge in [-0.2, -0.15) is 4.52 Å². The Bertz CT molecular complexity index is 844. The normalized spacial score (nSPS) is 17.1. The molecule has 0 bridgehead atoms. The molecule has 0 amide bonds. The lowest BCUT2D eigenvalue weighted by atomic mass is 10.1. The van der Waals surface area contributed by atoms with E-state index in [0.717, 1.165) is 43.2 Å². The molecule has 0 saturated carbocycles. The molecule has 130 valence electrons. The average molecular weight is 342 g/mol. The van der Waals surface area contributed by atoms with Crippen molar-refractivity contribution in [3.63, 3.8) is 0 Å². The zero-order valence-corrected chi connectivity index (χ0v) is 13.7. The van der Waals surface area contributed by atoms with Crippen LogP contribution in [0.5, 0.6) is 0 Å². The van der Waals surface area contributed by atoms with Gasteiger partial charge in [-0.15, -0.1) is 15.3 Å². The molecule has 3 aromatic rings. The largest absolute Gasteiger partial charge is 0.387 e. The Morgan fingerprint density at radius 3 is 2.56 bits per heavy atom. The zero-order chi connectivity index (χ0) is 17.2. The van der Waals surface area contributed by atoms with Crippen LogP contribution >= 0.6 is 0 Å². The van der Waals surface area contributed by atoms with Crippen molar-refractivity contribution in [2.45, 2.75) is 6.10 Å². The Morgan fingerprint density at radius 1 is 1.04 bits per heavy atom. The van der Waals surface area contributed by atoms with Gasteiger partial charge in [0.25, 0.3) is 0 Å². The van der Waals surface area contributed by atoms with Crippen molar-refractivity contribution in [3.05, 3.63) is 54.1 Å². The Balaban J connectivity index is 1.35. The van der Waals surface area contributed by atoms with Crippen LogP contribution in [0.15, 0.2) is 42.7 Å². The van der Waals surface area contributed by atoms with Crippen LogP contribution in [0.25, 0.3) is 5.65 Å². The SMILES string of the molecule is OC(CN1CCN(c2ccc3nncn3n2)CC1)c1ccc(F)cc1. The Labute approximate surface area is 144 Å². The third-order valence-corrected chi connectivity index (χ3v) is 4.53. The number of aliphatic hydroxyl groups excluding tert-OH is 1. The number of rotatable bonds is 4. The summed E-state index contributed by atoms with van der Waals surface area (Å²) in [5.41, 5.74) is 1.47. The molecule has 1 atom stereocenters. The molecule has 1 saturated heterocycles. The van der Waals surface area contributed by atoms with E-state index >= 15 is 0 Å². The van der Waals surface area contributed by atoms with Crippen LogP contribution in [0.3, 0.4) is 0 Å². The van der Waals surface area contributed by atoms with Gasteiger partial charge in [0.1, 0.15) is 18.0 Å². The van der Waals surface area contributed by atoms with Gasteiger partial charge in [0.2, 0.25) is 0 Å². The summed E-state index contributed by atoms with van der Waals surface area (Å²) >= 11 is 0. The summed E-state index contributed by atoms with van der Waals surface area (Å²) in [6, 6.07) is 9.88. The highest BCUT2D eigenvalue weighted by Gasteiger charge is 2.21. The van der Waals surface area contributed by atoms with Crippen LogP contribution in [0, 0.1) is 5.82 Å². The summed E-state index contributed by atoms with van der Waals surface area (Å²) in [7, 11) is 0. The number of benzene rings is 1. The predicted octanol–water partition coefficient (Wildman–Crippen LogP) is 1.12. The van der Waals surface area contributed by atoms with Gasteiger partial charge in [0, 0.05) is 32.7 Å². The number of hydrogen-bond donors (Lipinski definition) is 1. The van der Waals surface area contributed by atoms with Crippen molar-refractivity contribution in [2.75, 3.05) is 37.6 Å². The van der Waals surface area contributed by atoms with Gasteiger partial charge in [0.15, 0.2) is 5.65 Å². The third-order valence-electron chi connectivity index (χ3n) is 4.53. The summed E-state index contributed by atoms with van der Waals surface area (Å²) < 4.78 is 14.6. The number of hydrogen-bond acceptors (Lipinski definition) is 6. The van der Waals surface area contributed by atoms with Crippen LogP contribution in [0.2, 0.25) is 0 Å². The number of aromatic nitrogens is 4. The maximum atomic E-state index is 13.0. The molecule has 3 heterocycles. The highest BCUT2D eigenvalue weighted by Crippen LogP contribution is 2.18. The van der Waals surface area contributed by atoms with Gasteiger partial charge >= 0.3 is 0 Å². The fraction of sp³-hybridized carbons (Fsp3) is 0.353. The average Bonchev–Trinajstić information content (AvgIpc) is 3.10. The summed E-state index contributed by atoms with van der Waals surface area (Å²) in [4.78, 5) is 4.42. The van der Waals surface area contributed by atoms with Crippen molar-refractivity contribution in [2.24, 2.45) is 0 Å². The molecule has 2 aromatic heterocycles. The van der Waals surface area contributed by atoms with Gasteiger partial charge in [-0.3, -0.25) is 4.90 Å². The number of nitrogens with zero attached hydrogens (tertiary/aromatic N) is 6. The lowest BCUT2D eigenvalue weighted by Crippen LogP contribution is -2.47. The fourth-order valence-electron chi connectivity index (χ4n) is 3.08. The monoisotopic (exact) mass is 342 g/mol. The zero-order valence-electron chi connectivity index (χ0n) is 13.7. The standard InChI is InChI=1S/C17H19FN6O/c18-14-3-1-13(2-4-14)15(25)11-22-7-9-23(10-8-22)17-6-5-16-20-19-12-24(16)21-17/h1-6,12,15,25H,7-11H2. The number of aliphatic hydroxyl groups is 1. The molecule has 8 heteroatoms. The highest BCUT2D eigenvalue weighted by molar-refractivity contribution is 5.45. The Morgan fingerprint density at radius 2 is 1.80 bits per heavy atom. The number of β-amino-alcohol motifs (C(OH)–C–C–N with tert-alkyl or cyclic N) is 1. The number of fused-ring (bicyclic) bond motifs is 1. The van der Waals surface area contributed by atoms with E-state index < -0.39 is 6.10 Å². The summed E-state index contributed by atoms with van der Waals surface area (Å²) in [6.45, 7) is 3.87. The van der Waals surface area contributed by atoms with Gasteiger partial charge in [0.05, 0.1) is 6.10 Å². The molecule has 1 N–H and O–H groups in total. The summed E-state index contributed by atoms with van der Waals surface area (Å²) in [5.74, 6) is 0.605. The Kier molecular flexibility index (Phi) is 4.29. The summed E-state index contributed by atoms with van der Waals surface area (Å²) in [6.07, 6.45) is 0.979. The minimum atomic E-state index is -0.612. The molecule has 4 rings (SSSR count). The number of piperazine rings is 1. The van der Waals surface area contributed by atoms with Crippen molar-refractivity contribution >= 4 is 11.5 Å². The van der Waals surface area contributed by atoms with Crippen LogP contribution in [0.4, 0.5) is 10.2 Å². The molecular formula is C17H19FN6O. The third kappa shape index (κ3) is 3.45. The minimum Gasteiger partial charge on any atom is -0.387 e. The van der Waals surface area contributed by atoms with E-state index in [2.05, 4.69) is 25.1 Å². The van der Waals surface area contributed by atoms with E-state index in [9.17, 15) is 9.50 Å². The fourth-order valence-corrected chi connectivity index (χ4v) is 3.08. The van der Waals surface area contributed by atoms with Gasteiger partial charge in [-0.25, -0.2) is 4.39 Å². The number of anilines is 1. The van der Waals surface area contributed by atoms with E-state index in [0.29, 0.717) is 6.54 Å². The molecule has 0 aliphatic carbocycles. The molecule has 1 aliphatic heterocycles. The maximum absolute atomic E-state index is 13.0. The topological polar surface area (TPSA) is 69.8 Å². The number of halogens is 1. The molecule has 25 heavy (non-hydrogen) atoms.